The number of hydrogen-bond donors (Lipinski definition) is 2. The molecule has 1 aromatic rings. The smallest absolute Gasteiger partial charge is 0.220 e. The first-order valence-electron chi connectivity index (χ1n) is 7.26. The van der Waals surface area contributed by atoms with Gasteiger partial charge in [-0.2, -0.15) is 0 Å². The minimum Gasteiger partial charge on any atom is -0.350 e. The molecule has 104 valence electrons. The highest BCUT2D eigenvalue weighted by Gasteiger charge is 2.24. The van der Waals surface area contributed by atoms with Gasteiger partial charge in [0.1, 0.15) is 0 Å². The Morgan fingerprint density at radius 2 is 2.00 bits per heavy atom. The van der Waals surface area contributed by atoms with Gasteiger partial charge in [0.2, 0.25) is 5.91 Å². The van der Waals surface area contributed by atoms with Crippen molar-refractivity contribution < 1.29 is 4.79 Å². The van der Waals surface area contributed by atoms with Crippen LogP contribution >= 0.6 is 0 Å². The van der Waals surface area contributed by atoms with Crippen molar-refractivity contribution in [2.75, 3.05) is 0 Å². The third kappa shape index (κ3) is 4.06. The Kier molecular flexibility index (Phi) is 4.97. The second-order valence-electron chi connectivity index (χ2n) is 5.61. The van der Waals surface area contributed by atoms with Gasteiger partial charge in [0.25, 0.3) is 0 Å². The Morgan fingerprint density at radius 1 is 1.32 bits per heavy atom. The van der Waals surface area contributed by atoms with E-state index in [2.05, 4.69) is 5.32 Å². The first-order valence-corrected chi connectivity index (χ1v) is 7.26. The maximum Gasteiger partial charge on any atom is 0.220 e. The Morgan fingerprint density at radius 3 is 2.68 bits per heavy atom. The molecule has 2 unspecified atom stereocenters. The van der Waals surface area contributed by atoms with Crippen molar-refractivity contribution in [2.24, 2.45) is 11.7 Å². The van der Waals surface area contributed by atoms with Crippen LogP contribution in [0.2, 0.25) is 0 Å². The molecule has 0 spiro atoms. The number of amides is 1. The standard InChI is InChI=1S/C16H24N2O/c1-12(13-7-3-2-4-8-13)18-16(19)11-14-9-5-6-10-15(14)17/h2-4,7-8,12,14-15H,5-6,9-11,17H2,1H3,(H,18,19)/t12-,14?,15?/m1/s1. The quantitative estimate of drug-likeness (QED) is 0.874. The molecule has 2 rings (SSSR count). The molecule has 1 aliphatic rings. The van der Waals surface area contributed by atoms with Gasteiger partial charge in [0.05, 0.1) is 6.04 Å². The normalized spacial score (nSPS) is 24.7. The van der Waals surface area contributed by atoms with Crippen LogP contribution in [0.15, 0.2) is 30.3 Å². The summed E-state index contributed by atoms with van der Waals surface area (Å²) in [6, 6.07) is 10.3. The van der Waals surface area contributed by atoms with E-state index in [9.17, 15) is 4.79 Å². The Balaban J connectivity index is 1.84. The van der Waals surface area contributed by atoms with Crippen molar-refractivity contribution in [3.63, 3.8) is 0 Å². The van der Waals surface area contributed by atoms with Crippen LogP contribution in [0.5, 0.6) is 0 Å². The van der Waals surface area contributed by atoms with Crippen LogP contribution < -0.4 is 11.1 Å². The molecule has 19 heavy (non-hydrogen) atoms. The number of carbonyl (C=O) groups is 1. The first kappa shape index (κ1) is 14.1. The molecule has 0 aromatic heterocycles. The summed E-state index contributed by atoms with van der Waals surface area (Å²) >= 11 is 0. The van der Waals surface area contributed by atoms with E-state index in [1.165, 1.54) is 12.8 Å². The van der Waals surface area contributed by atoms with Crippen LogP contribution in [0.4, 0.5) is 0 Å². The molecular formula is C16H24N2O. The second kappa shape index (κ2) is 6.71. The van der Waals surface area contributed by atoms with Crippen LogP contribution in [0.25, 0.3) is 0 Å². The minimum absolute atomic E-state index is 0.0634. The molecule has 0 radical (unpaired) electrons. The van der Waals surface area contributed by atoms with Gasteiger partial charge in [-0.1, -0.05) is 43.2 Å². The van der Waals surface area contributed by atoms with Crippen molar-refractivity contribution in [1.29, 1.82) is 0 Å². The van der Waals surface area contributed by atoms with Crippen molar-refractivity contribution >= 4 is 5.91 Å². The van der Waals surface area contributed by atoms with Crippen LogP contribution in [0.1, 0.15) is 50.6 Å². The second-order valence-corrected chi connectivity index (χ2v) is 5.61. The van der Waals surface area contributed by atoms with E-state index in [0.717, 1.165) is 18.4 Å². The van der Waals surface area contributed by atoms with Gasteiger partial charge in [-0.25, -0.2) is 0 Å². The molecular weight excluding hydrogens is 236 g/mol. The fraction of sp³-hybridized carbons (Fsp3) is 0.562. The van der Waals surface area contributed by atoms with E-state index in [-0.39, 0.29) is 18.0 Å². The van der Waals surface area contributed by atoms with E-state index in [1.807, 2.05) is 37.3 Å². The number of nitrogens with one attached hydrogen (secondary N) is 1. The van der Waals surface area contributed by atoms with Crippen LogP contribution in [-0.4, -0.2) is 11.9 Å². The van der Waals surface area contributed by atoms with E-state index >= 15 is 0 Å². The minimum atomic E-state index is 0.0634. The van der Waals surface area contributed by atoms with Crippen molar-refractivity contribution in [3.05, 3.63) is 35.9 Å². The van der Waals surface area contributed by atoms with E-state index in [0.29, 0.717) is 12.3 Å². The fourth-order valence-electron chi connectivity index (χ4n) is 2.85. The van der Waals surface area contributed by atoms with Crippen molar-refractivity contribution in [1.82, 2.24) is 5.32 Å². The van der Waals surface area contributed by atoms with Crippen molar-refractivity contribution in [2.45, 2.75) is 51.1 Å². The zero-order chi connectivity index (χ0) is 13.7. The summed E-state index contributed by atoms with van der Waals surface area (Å²) in [5, 5.41) is 3.07. The molecule has 0 bridgehead atoms. The molecule has 3 N–H and O–H groups in total. The lowest BCUT2D eigenvalue weighted by Crippen LogP contribution is -2.37. The average Bonchev–Trinajstić information content (AvgIpc) is 2.42. The first-order chi connectivity index (χ1) is 9.16. The summed E-state index contributed by atoms with van der Waals surface area (Å²) in [5.74, 6) is 0.482. The Hall–Kier alpha value is -1.35. The highest BCUT2D eigenvalue weighted by molar-refractivity contribution is 5.76. The lowest BCUT2D eigenvalue weighted by molar-refractivity contribution is -0.123. The topological polar surface area (TPSA) is 55.1 Å². The van der Waals surface area contributed by atoms with Crippen LogP contribution in [0, 0.1) is 5.92 Å². The number of hydrogen-bond acceptors (Lipinski definition) is 2. The SMILES string of the molecule is C[C@@H](NC(=O)CC1CCCCC1N)c1ccccc1. The maximum absolute atomic E-state index is 12.1. The monoisotopic (exact) mass is 260 g/mol. The molecule has 3 nitrogen and oxygen atoms in total. The van der Waals surface area contributed by atoms with Gasteiger partial charge < -0.3 is 11.1 Å². The van der Waals surface area contributed by atoms with Gasteiger partial charge in [0, 0.05) is 12.5 Å². The largest absolute Gasteiger partial charge is 0.350 e. The average molecular weight is 260 g/mol. The van der Waals surface area contributed by atoms with Gasteiger partial charge in [-0.05, 0) is 31.2 Å². The lowest BCUT2D eigenvalue weighted by atomic mass is 9.83. The number of benzene rings is 1. The summed E-state index contributed by atoms with van der Waals surface area (Å²) in [6.07, 6.45) is 5.14. The van der Waals surface area contributed by atoms with Gasteiger partial charge >= 0.3 is 0 Å². The van der Waals surface area contributed by atoms with Gasteiger partial charge in [-0.15, -0.1) is 0 Å². The predicted molar refractivity (Wildman–Crippen MR) is 77.6 cm³/mol. The summed E-state index contributed by atoms with van der Waals surface area (Å²) in [4.78, 5) is 12.1. The third-order valence-corrected chi connectivity index (χ3v) is 4.09. The lowest BCUT2D eigenvalue weighted by Gasteiger charge is -2.28. The predicted octanol–water partition coefficient (Wildman–Crippen LogP) is 2.77. The summed E-state index contributed by atoms with van der Waals surface area (Å²) in [5.41, 5.74) is 7.23. The Labute approximate surface area is 115 Å². The van der Waals surface area contributed by atoms with E-state index in [4.69, 9.17) is 5.73 Å². The molecule has 1 fully saturated rings. The summed E-state index contributed by atoms with van der Waals surface area (Å²) in [7, 11) is 0. The van der Waals surface area contributed by atoms with Gasteiger partial charge in [-0.3, -0.25) is 4.79 Å². The summed E-state index contributed by atoms with van der Waals surface area (Å²) < 4.78 is 0. The molecule has 3 heteroatoms. The van der Waals surface area contributed by atoms with Crippen molar-refractivity contribution in [3.8, 4) is 0 Å². The number of nitrogens with two attached hydrogens (primary N) is 1. The third-order valence-electron chi connectivity index (χ3n) is 4.09. The van der Waals surface area contributed by atoms with E-state index < -0.39 is 0 Å². The molecule has 1 amide bonds. The Bertz CT molecular complexity index is 404. The maximum atomic E-state index is 12.1. The number of rotatable bonds is 4. The highest BCUT2D eigenvalue weighted by Crippen LogP contribution is 2.25. The van der Waals surface area contributed by atoms with Gasteiger partial charge in [0.15, 0.2) is 0 Å². The molecule has 0 saturated heterocycles. The fourth-order valence-corrected chi connectivity index (χ4v) is 2.85. The summed E-state index contributed by atoms with van der Waals surface area (Å²) in [6.45, 7) is 2.02. The van der Waals surface area contributed by atoms with E-state index in [1.54, 1.807) is 0 Å². The van der Waals surface area contributed by atoms with Crippen LogP contribution in [0.3, 0.4) is 0 Å². The highest BCUT2D eigenvalue weighted by atomic mass is 16.1. The molecule has 3 atom stereocenters. The molecule has 1 aromatic carbocycles. The number of carbonyl (C=O) groups excluding carboxylic acids is 1. The van der Waals surface area contributed by atoms with Crippen LogP contribution in [-0.2, 0) is 4.79 Å². The molecule has 1 aliphatic carbocycles. The molecule has 0 heterocycles. The molecule has 1 saturated carbocycles. The zero-order valence-corrected chi connectivity index (χ0v) is 11.6. The zero-order valence-electron chi connectivity index (χ0n) is 11.6. The molecule has 0 aliphatic heterocycles.